The standard InChI is InChI=1S/C21H30N2O3/c1-21(2,3)23(20(25)16-12-8-6-5-7-9-13-16)22-19(24)17-14-10-11-15-18(17)26-4/h10-12,14-15H,5-9,13H2,1-4H3,(H,22,24)/b16-12+. The van der Waals surface area contributed by atoms with E-state index in [2.05, 4.69) is 5.43 Å². The molecule has 0 atom stereocenters. The van der Waals surface area contributed by atoms with Crippen LogP contribution in [0.15, 0.2) is 35.9 Å². The summed E-state index contributed by atoms with van der Waals surface area (Å²) in [5, 5.41) is 1.45. The lowest BCUT2D eigenvalue weighted by molar-refractivity contribution is -0.135. The van der Waals surface area contributed by atoms with E-state index in [0.717, 1.165) is 37.7 Å². The Balaban J connectivity index is 2.24. The lowest BCUT2D eigenvalue weighted by Crippen LogP contribution is -2.56. The normalized spacial score (nSPS) is 17.3. The van der Waals surface area contributed by atoms with Gasteiger partial charge in [0.15, 0.2) is 0 Å². The molecule has 1 aliphatic carbocycles. The number of rotatable bonds is 3. The first-order valence-electron chi connectivity index (χ1n) is 9.32. The van der Waals surface area contributed by atoms with E-state index in [4.69, 9.17) is 4.74 Å². The predicted octanol–water partition coefficient (Wildman–Crippen LogP) is 4.25. The average Bonchev–Trinajstić information content (AvgIpc) is 2.57. The molecule has 26 heavy (non-hydrogen) atoms. The molecule has 5 nitrogen and oxygen atoms in total. The van der Waals surface area contributed by atoms with Crippen LogP contribution < -0.4 is 10.2 Å². The monoisotopic (exact) mass is 358 g/mol. The zero-order valence-corrected chi connectivity index (χ0v) is 16.3. The number of hydrogen-bond donors (Lipinski definition) is 1. The van der Waals surface area contributed by atoms with Crippen LogP contribution in [0.1, 0.15) is 69.7 Å². The Morgan fingerprint density at radius 1 is 1.08 bits per heavy atom. The molecule has 0 fully saturated rings. The van der Waals surface area contributed by atoms with Gasteiger partial charge in [-0.3, -0.25) is 15.0 Å². The minimum Gasteiger partial charge on any atom is -0.496 e. The number of nitrogens with one attached hydrogen (secondary N) is 1. The molecular weight excluding hydrogens is 328 g/mol. The van der Waals surface area contributed by atoms with Crippen LogP contribution in [-0.4, -0.2) is 29.5 Å². The van der Waals surface area contributed by atoms with Gasteiger partial charge in [0.1, 0.15) is 5.75 Å². The summed E-state index contributed by atoms with van der Waals surface area (Å²) < 4.78 is 5.27. The van der Waals surface area contributed by atoms with Crippen molar-refractivity contribution in [2.24, 2.45) is 0 Å². The van der Waals surface area contributed by atoms with E-state index in [0.29, 0.717) is 11.3 Å². The van der Waals surface area contributed by atoms with Gasteiger partial charge in [0, 0.05) is 5.57 Å². The molecule has 0 saturated carbocycles. The van der Waals surface area contributed by atoms with Gasteiger partial charge in [-0.05, 0) is 58.6 Å². The van der Waals surface area contributed by atoms with Crippen LogP contribution in [0.2, 0.25) is 0 Å². The van der Waals surface area contributed by atoms with Gasteiger partial charge in [-0.1, -0.05) is 31.1 Å². The first-order valence-corrected chi connectivity index (χ1v) is 9.32. The molecule has 0 unspecified atom stereocenters. The predicted molar refractivity (Wildman–Crippen MR) is 103 cm³/mol. The number of carbonyl (C=O) groups is 2. The minimum absolute atomic E-state index is 0.123. The highest BCUT2D eigenvalue weighted by Gasteiger charge is 2.31. The van der Waals surface area contributed by atoms with Crippen molar-refractivity contribution in [1.82, 2.24) is 10.4 Å². The van der Waals surface area contributed by atoms with Crippen molar-refractivity contribution in [3.63, 3.8) is 0 Å². The number of nitrogens with zero attached hydrogens (tertiary/aromatic N) is 1. The molecule has 1 aromatic rings. The molecule has 1 N–H and O–H groups in total. The van der Waals surface area contributed by atoms with Crippen molar-refractivity contribution in [2.75, 3.05) is 7.11 Å². The molecule has 142 valence electrons. The molecule has 2 rings (SSSR count). The second kappa shape index (κ2) is 8.88. The highest BCUT2D eigenvalue weighted by molar-refractivity contribution is 6.00. The summed E-state index contributed by atoms with van der Waals surface area (Å²) in [7, 11) is 1.53. The fourth-order valence-electron chi connectivity index (χ4n) is 3.05. The molecule has 0 aromatic heterocycles. The maximum atomic E-state index is 13.1. The Labute approximate surface area is 156 Å². The number of ether oxygens (including phenoxy) is 1. The van der Waals surface area contributed by atoms with Gasteiger partial charge in [-0.2, -0.15) is 0 Å². The second-order valence-electron chi connectivity index (χ2n) is 7.63. The van der Waals surface area contributed by atoms with Gasteiger partial charge in [0.25, 0.3) is 11.8 Å². The lowest BCUT2D eigenvalue weighted by atomic mass is 9.98. The van der Waals surface area contributed by atoms with Crippen molar-refractivity contribution in [3.05, 3.63) is 41.5 Å². The van der Waals surface area contributed by atoms with Crippen LogP contribution in [-0.2, 0) is 4.79 Å². The number of hydrazine groups is 1. The maximum absolute atomic E-state index is 13.1. The largest absolute Gasteiger partial charge is 0.496 e. The van der Waals surface area contributed by atoms with Crippen LogP contribution in [0, 0.1) is 0 Å². The molecule has 1 aliphatic rings. The van der Waals surface area contributed by atoms with E-state index in [-0.39, 0.29) is 11.8 Å². The highest BCUT2D eigenvalue weighted by atomic mass is 16.5. The fraction of sp³-hybridized carbons (Fsp3) is 0.524. The number of allylic oxidation sites excluding steroid dienone is 1. The van der Waals surface area contributed by atoms with E-state index >= 15 is 0 Å². The van der Waals surface area contributed by atoms with Crippen LogP contribution in [0.4, 0.5) is 0 Å². The van der Waals surface area contributed by atoms with Gasteiger partial charge in [-0.15, -0.1) is 0 Å². The summed E-state index contributed by atoms with van der Waals surface area (Å²) in [6.45, 7) is 5.74. The van der Waals surface area contributed by atoms with Crippen LogP contribution in [0.25, 0.3) is 0 Å². The molecule has 0 heterocycles. The van der Waals surface area contributed by atoms with Crippen molar-refractivity contribution >= 4 is 11.8 Å². The molecule has 0 saturated heterocycles. The third-order valence-electron chi connectivity index (χ3n) is 4.50. The number of hydrogen-bond acceptors (Lipinski definition) is 3. The number of methoxy groups -OCH3 is 1. The smallest absolute Gasteiger partial charge is 0.273 e. The third-order valence-corrected chi connectivity index (χ3v) is 4.50. The SMILES string of the molecule is COc1ccccc1C(=O)NN(C(=O)/C1=C/CCCCCC1)C(C)(C)C. The van der Waals surface area contributed by atoms with Gasteiger partial charge < -0.3 is 4.74 Å². The van der Waals surface area contributed by atoms with Gasteiger partial charge in [0.2, 0.25) is 0 Å². The Morgan fingerprint density at radius 2 is 1.77 bits per heavy atom. The fourth-order valence-corrected chi connectivity index (χ4v) is 3.05. The molecule has 0 aliphatic heterocycles. The van der Waals surface area contributed by atoms with Crippen molar-refractivity contribution in [3.8, 4) is 5.75 Å². The van der Waals surface area contributed by atoms with Crippen molar-refractivity contribution in [1.29, 1.82) is 0 Å². The van der Waals surface area contributed by atoms with E-state index in [1.54, 1.807) is 18.2 Å². The first kappa shape index (κ1) is 20.0. The molecule has 5 heteroatoms. The Morgan fingerprint density at radius 3 is 2.46 bits per heavy atom. The molecule has 2 amide bonds. The highest BCUT2D eigenvalue weighted by Crippen LogP contribution is 2.23. The summed E-state index contributed by atoms with van der Waals surface area (Å²) in [6, 6.07) is 7.00. The summed E-state index contributed by atoms with van der Waals surface area (Å²) in [6.07, 6.45) is 8.19. The quantitative estimate of drug-likeness (QED) is 0.822. The topological polar surface area (TPSA) is 58.6 Å². The zero-order valence-electron chi connectivity index (χ0n) is 16.3. The van der Waals surface area contributed by atoms with Gasteiger partial charge >= 0.3 is 0 Å². The first-order chi connectivity index (χ1) is 12.3. The Hall–Kier alpha value is -2.30. The number of amides is 2. The van der Waals surface area contributed by atoms with E-state index in [1.807, 2.05) is 32.9 Å². The minimum atomic E-state index is -0.544. The lowest BCUT2D eigenvalue weighted by Gasteiger charge is -2.36. The van der Waals surface area contributed by atoms with Gasteiger partial charge in [-0.25, -0.2) is 5.01 Å². The van der Waals surface area contributed by atoms with Crippen molar-refractivity contribution in [2.45, 2.75) is 64.8 Å². The van der Waals surface area contributed by atoms with Crippen LogP contribution in [0.3, 0.4) is 0 Å². The second-order valence-corrected chi connectivity index (χ2v) is 7.63. The zero-order chi connectivity index (χ0) is 19.2. The Bertz CT molecular complexity index is 674. The molecule has 1 aromatic carbocycles. The molecule has 0 spiro atoms. The summed E-state index contributed by atoms with van der Waals surface area (Å²) >= 11 is 0. The molecule has 0 bridgehead atoms. The van der Waals surface area contributed by atoms with E-state index in [9.17, 15) is 9.59 Å². The molecule has 0 radical (unpaired) electrons. The third kappa shape index (κ3) is 5.10. The molecular formula is C21H30N2O3. The van der Waals surface area contributed by atoms with E-state index < -0.39 is 5.54 Å². The summed E-state index contributed by atoms with van der Waals surface area (Å²) in [5.74, 6) is 0.0105. The van der Waals surface area contributed by atoms with Crippen LogP contribution >= 0.6 is 0 Å². The number of carbonyl (C=O) groups excluding carboxylic acids is 2. The van der Waals surface area contributed by atoms with Crippen LogP contribution in [0.5, 0.6) is 5.75 Å². The summed E-state index contributed by atoms with van der Waals surface area (Å²) in [5.41, 5.74) is 3.46. The number of para-hydroxylation sites is 1. The average molecular weight is 358 g/mol. The van der Waals surface area contributed by atoms with Crippen molar-refractivity contribution < 1.29 is 14.3 Å². The Kier molecular flexibility index (Phi) is 6.83. The van der Waals surface area contributed by atoms with Gasteiger partial charge in [0.05, 0.1) is 18.2 Å². The summed E-state index contributed by atoms with van der Waals surface area (Å²) in [4.78, 5) is 25.9. The number of benzene rings is 1. The van der Waals surface area contributed by atoms with E-state index in [1.165, 1.54) is 18.5 Å². The maximum Gasteiger partial charge on any atom is 0.273 e.